The molecule has 0 aliphatic carbocycles. The van der Waals surface area contributed by atoms with Crippen molar-refractivity contribution in [3.63, 3.8) is 0 Å². The number of hydrogen-bond donors (Lipinski definition) is 1. The number of hydrogen-bond acceptors (Lipinski definition) is 2. The summed E-state index contributed by atoms with van der Waals surface area (Å²) in [6, 6.07) is 2.07. The Morgan fingerprint density at radius 2 is 1.76 bits per heavy atom. The summed E-state index contributed by atoms with van der Waals surface area (Å²) in [5.41, 5.74) is 0.206. The molecule has 2 nitrogen and oxygen atoms in total. The lowest BCUT2D eigenvalue weighted by Gasteiger charge is -2.35. The summed E-state index contributed by atoms with van der Waals surface area (Å²) < 4.78 is 53.3. The van der Waals surface area contributed by atoms with Crippen molar-refractivity contribution < 1.29 is 17.6 Å². The number of alkyl halides is 2. The van der Waals surface area contributed by atoms with E-state index in [0.29, 0.717) is 26.2 Å². The second-order valence-corrected chi connectivity index (χ2v) is 5.03. The van der Waals surface area contributed by atoms with Crippen molar-refractivity contribution in [1.29, 1.82) is 0 Å². The van der Waals surface area contributed by atoms with Gasteiger partial charge in [-0.2, -0.15) is 0 Å². The first-order chi connectivity index (χ1) is 9.50. The Hall–Kier alpha value is -0.850. The fraction of sp³-hybridized carbons (Fsp3) is 0.571. The lowest BCUT2D eigenvalue weighted by Crippen LogP contribution is -2.45. The Bertz CT molecular complexity index is 465. The zero-order chi connectivity index (χ0) is 14.7. The van der Waals surface area contributed by atoms with Crippen molar-refractivity contribution in [2.45, 2.75) is 25.8 Å². The zero-order valence-electron chi connectivity index (χ0n) is 11.7. The zero-order valence-corrected chi connectivity index (χ0v) is 12.5. The Morgan fingerprint density at radius 3 is 2.33 bits per heavy atom. The molecule has 1 aliphatic heterocycles. The van der Waals surface area contributed by atoms with E-state index in [-0.39, 0.29) is 23.5 Å². The van der Waals surface area contributed by atoms with Crippen LogP contribution in [0.4, 0.5) is 17.6 Å². The van der Waals surface area contributed by atoms with E-state index in [1.54, 1.807) is 4.90 Å². The summed E-state index contributed by atoms with van der Waals surface area (Å²) in [4.78, 5) is 1.79. The number of halogens is 5. The maximum absolute atomic E-state index is 14.1. The first-order valence-corrected chi connectivity index (χ1v) is 6.68. The van der Waals surface area contributed by atoms with Crippen molar-refractivity contribution in [3.05, 3.63) is 34.9 Å². The maximum atomic E-state index is 14.1. The summed E-state index contributed by atoms with van der Waals surface area (Å²) in [5, 5.41) is 3.11. The molecule has 1 aliphatic rings. The van der Waals surface area contributed by atoms with Crippen molar-refractivity contribution in [2.24, 2.45) is 0 Å². The van der Waals surface area contributed by atoms with E-state index in [1.165, 1.54) is 19.1 Å². The highest BCUT2D eigenvalue weighted by atomic mass is 35.5. The number of piperazine rings is 1. The molecule has 1 atom stereocenters. The minimum Gasteiger partial charge on any atom is -0.314 e. The van der Waals surface area contributed by atoms with E-state index in [9.17, 15) is 17.6 Å². The molecule has 1 aromatic carbocycles. The molecular weight excluding hydrogens is 308 g/mol. The molecule has 0 aromatic heterocycles. The van der Waals surface area contributed by atoms with Gasteiger partial charge in [-0.05, 0) is 12.5 Å². The Morgan fingerprint density at radius 1 is 1.14 bits per heavy atom. The Balaban J connectivity index is 0.00000220. The van der Waals surface area contributed by atoms with E-state index in [1.807, 2.05) is 0 Å². The average Bonchev–Trinajstić information content (AvgIpc) is 2.44. The van der Waals surface area contributed by atoms with E-state index in [4.69, 9.17) is 0 Å². The minimum atomic E-state index is -2.56. The second-order valence-electron chi connectivity index (χ2n) is 5.03. The van der Waals surface area contributed by atoms with Crippen LogP contribution in [0.2, 0.25) is 0 Å². The van der Waals surface area contributed by atoms with Gasteiger partial charge in [0.1, 0.15) is 0 Å². The third kappa shape index (κ3) is 4.31. The summed E-state index contributed by atoms with van der Waals surface area (Å²) >= 11 is 0. The molecule has 0 unspecified atom stereocenters. The molecule has 0 saturated carbocycles. The third-order valence-electron chi connectivity index (χ3n) is 3.66. The van der Waals surface area contributed by atoms with Crippen LogP contribution in [-0.4, -0.2) is 37.5 Å². The van der Waals surface area contributed by atoms with Gasteiger partial charge < -0.3 is 5.32 Å². The fourth-order valence-corrected chi connectivity index (χ4v) is 2.55. The molecule has 0 amide bonds. The smallest absolute Gasteiger partial charge is 0.240 e. The predicted molar refractivity (Wildman–Crippen MR) is 76.1 cm³/mol. The Kier molecular flexibility index (Phi) is 6.90. The number of aryl methyl sites for hydroxylation is 1. The second kappa shape index (κ2) is 7.96. The third-order valence-corrected chi connectivity index (χ3v) is 3.66. The van der Waals surface area contributed by atoms with Crippen LogP contribution in [0, 0.1) is 18.6 Å². The fourth-order valence-electron chi connectivity index (χ4n) is 2.55. The molecule has 120 valence electrons. The number of nitrogens with zero attached hydrogens (tertiary/aromatic N) is 1. The number of nitrogens with one attached hydrogen (secondary N) is 1. The van der Waals surface area contributed by atoms with E-state index in [2.05, 4.69) is 5.32 Å². The molecule has 0 bridgehead atoms. The van der Waals surface area contributed by atoms with Crippen molar-refractivity contribution in [3.8, 4) is 0 Å². The quantitative estimate of drug-likeness (QED) is 0.854. The van der Waals surface area contributed by atoms with Crippen LogP contribution in [0.3, 0.4) is 0 Å². The van der Waals surface area contributed by atoms with Gasteiger partial charge >= 0.3 is 0 Å². The van der Waals surface area contributed by atoms with E-state index in [0.717, 1.165) is 0 Å². The van der Waals surface area contributed by atoms with Gasteiger partial charge in [0.05, 0.1) is 0 Å². The lowest BCUT2D eigenvalue weighted by molar-refractivity contribution is 0.0722. The summed E-state index contributed by atoms with van der Waals surface area (Å²) in [6.07, 6.45) is -3.04. The van der Waals surface area contributed by atoms with Gasteiger partial charge in [-0.3, -0.25) is 4.90 Å². The molecule has 1 aromatic rings. The molecule has 1 fully saturated rings. The van der Waals surface area contributed by atoms with Crippen molar-refractivity contribution >= 4 is 12.4 Å². The van der Waals surface area contributed by atoms with Gasteiger partial charge in [0.15, 0.2) is 11.6 Å². The van der Waals surface area contributed by atoms with Crippen LogP contribution in [-0.2, 0) is 0 Å². The highest BCUT2D eigenvalue weighted by Crippen LogP contribution is 2.31. The van der Waals surface area contributed by atoms with Crippen LogP contribution in [0.15, 0.2) is 12.1 Å². The van der Waals surface area contributed by atoms with Gasteiger partial charge in [-0.15, -0.1) is 12.4 Å². The topological polar surface area (TPSA) is 15.3 Å². The summed E-state index contributed by atoms with van der Waals surface area (Å²) in [6.45, 7) is 3.87. The van der Waals surface area contributed by atoms with E-state index < -0.39 is 30.5 Å². The normalized spacial score (nSPS) is 17.6. The molecule has 7 heteroatoms. The molecular formula is C14H19ClF4N2. The number of benzene rings is 1. The molecule has 2 rings (SSSR count). The van der Waals surface area contributed by atoms with Gasteiger partial charge in [0.25, 0.3) is 0 Å². The molecule has 0 spiro atoms. The first kappa shape index (κ1) is 18.2. The predicted octanol–water partition coefficient (Wildman–Crippen LogP) is 3.30. The minimum absolute atomic E-state index is 0. The van der Waals surface area contributed by atoms with Gasteiger partial charge in [0, 0.05) is 44.2 Å². The van der Waals surface area contributed by atoms with Crippen LogP contribution < -0.4 is 5.32 Å². The molecule has 1 saturated heterocycles. The van der Waals surface area contributed by atoms with Gasteiger partial charge in [-0.25, -0.2) is 17.6 Å². The van der Waals surface area contributed by atoms with Crippen molar-refractivity contribution in [2.75, 3.05) is 26.2 Å². The first-order valence-electron chi connectivity index (χ1n) is 6.68. The molecule has 1 heterocycles. The van der Waals surface area contributed by atoms with Crippen LogP contribution in [0.25, 0.3) is 0 Å². The standard InChI is InChI=1S/C14H18F4N2.ClH/c1-9-2-3-10(14(18)13(9)17)11(8-12(15)16)20-6-4-19-5-7-20;/h2-3,11-12,19H,4-8H2,1H3;1H/t11-;/m0./s1. The highest BCUT2D eigenvalue weighted by molar-refractivity contribution is 5.85. The highest BCUT2D eigenvalue weighted by Gasteiger charge is 2.28. The van der Waals surface area contributed by atoms with Crippen LogP contribution in [0.1, 0.15) is 23.6 Å². The average molecular weight is 327 g/mol. The van der Waals surface area contributed by atoms with Gasteiger partial charge in [-0.1, -0.05) is 12.1 Å². The molecule has 0 radical (unpaired) electrons. The summed E-state index contributed by atoms with van der Waals surface area (Å²) in [7, 11) is 0. The van der Waals surface area contributed by atoms with Crippen molar-refractivity contribution in [1.82, 2.24) is 10.2 Å². The van der Waals surface area contributed by atoms with Crippen LogP contribution in [0.5, 0.6) is 0 Å². The van der Waals surface area contributed by atoms with Crippen LogP contribution >= 0.6 is 12.4 Å². The monoisotopic (exact) mass is 326 g/mol. The molecule has 21 heavy (non-hydrogen) atoms. The van der Waals surface area contributed by atoms with Gasteiger partial charge in [0.2, 0.25) is 6.43 Å². The Labute approximate surface area is 127 Å². The number of rotatable bonds is 4. The largest absolute Gasteiger partial charge is 0.314 e. The van der Waals surface area contributed by atoms with E-state index >= 15 is 0 Å². The SMILES string of the molecule is Cc1ccc([C@H](CC(F)F)N2CCNCC2)c(F)c1F.Cl. The lowest BCUT2D eigenvalue weighted by atomic mass is 9.99. The maximum Gasteiger partial charge on any atom is 0.240 e. The summed E-state index contributed by atoms with van der Waals surface area (Å²) in [5.74, 6) is -1.95. The molecule has 1 N–H and O–H groups in total.